The van der Waals surface area contributed by atoms with Crippen molar-refractivity contribution < 1.29 is 9.53 Å². The first kappa shape index (κ1) is 14.2. The van der Waals surface area contributed by atoms with Gasteiger partial charge in [0.05, 0.1) is 12.1 Å². The SMILES string of the molecule is NC(Cn1nnc2ccccc21)C(=O)OCc1ccccc1. The van der Waals surface area contributed by atoms with Crippen molar-refractivity contribution in [3.8, 4) is 0 Å². The van der Waals surface area contributed by atoms with Gasteiger partial charge in [0.15, 0.2) is 0 Å². The molecule has 0 amide bonds. The van der Waals surface area contributed by atoms with Gasteiger partial charge in [0.2, 0.25) is 0 Å². The Bertz CT molecular complexity index is 770. The van der Waals surface area contributed by atoms with Crippen LogP contribution >= 0.6 is 0 Å². The van der Waals surface area contributed by atoms with E-state index in [2.05, 4.69) is 10.3 Å². The zero-order chi connectivity index (χ0) is 15.4. The van der Waals surface area contributed by atoms with E-state index in [0.29, 0.717) is 0 Å². The van der Waals surface area contributed by atoms with Crippen LogP contribution in [0.3, 0.4) is 0 Å². The predicted octanol–water partition coefficient (Wildman–Crippen LogP) is 1.50. The number of nitrogens with zero attached hydrogens (tertiary/aromatic N) is 3. The molecule has 6 heteroatoms. The number of nitrogens with two attached hydrogens (primary N) is 1. The van der Waals surface area contributed by atoms with E-state index in [1.807, 2.05) is 54.6 Å². The minimum absolute atomic E-state index is 0.214. The van der Waals surface area contributed by atoms with Crippen LogP contribution in [0.5, 0.6) is 0 Å². The lowest BCUT2D eigenvalue weighted by Gasteiger charge is -2.11. The minimum atomic E-state index is -0.784. The summed E-state index contributed by atoms with van der Waals surface area (Å²) in [5, 5.41) is 8.04. The quantitative estimate of drug-likeness (QED) is 0.721. The molecule has 112 valence electrons. The molecule has 0 fully saturated rings. The van der Waals surface area contributed by atoms with E-state index in [4.69, 9.17) is 10.5 Å². The molecule has 0 saturated heterocycles. The van der Waals surface area contributed by atoms with E-state index in [0.717, 1.165) is 16.6 Å². The molecule has 3 rings (SSSR count). The minimum Gasteiger partial charge on any atom is -0.460 e. The maximum Gasteiger partial charge on any atom is 0.325 e. The molecule has 2 aromatic carbocycles. The number of para-hydroxylation sites is 1. The van der Waals surface area contributed by atoms with Gasteiger partial charge in [-0.3, -0.25) is 4.79 Å². The first-order chi connectivity index (χ1) is 10.7. The number of esters is 1. The van der Waals surface area contributed by atoms with Gasteiger partial charge in [-0.2, -0.15) is 0 Å². The summed E-state index contributed by atoms with van der Waals surface area (Å²) in [5.74, 6) is -0.455. The highest BCUT2D eigenvalue weighted by molar-refractivity contribution is 5.77. The number of carbonyl (C=O) groups is 1. The second-order valence-corrected chi connectivity index (χ2v) is 4.96. The predicted molar refractivity (Wildman–Crippen MR) is 81.7 cm³/mol. The molecule has 0 aliphatic heterocycles. The molecule has 1 unspecified atom stereocenters. The van der Waals surface area contributed by atoms with Crippen molar-refractivity contribution in [2.75, 3.05) is 0 Å². The smallest absolute Gasteiger partial charge is 0.325 e. The van der Waals surface area contributed by atoms with Gasteiger partial charge in [-0.1, -0.05) is 47.7 Å². The summed E-state index contributed by atoms with van der Waals surface area (Å²) in [4.78, 5) is 12.0. The molecule has 6 nitrogen and oxygen atoms in total. The number of fused-ring (bicyclic) bond motifs is 1. The number of carbonyl (C=O) groups excluding carboxylic acids is 1. The number of ether oxygens (including phenoxy) is 1. The molecular weight excluding hydrogens is 280 g/mol. The van der Waals surface area contributed by atoms with Crippen molar-refractivity contribution in [2.24, 2.45) is 5.73 Å². The summed E-state index contributed by atoms with van der Waals surface area (Å²) in [6.45, 7) is 0.444. The van der Waals surface area contributed by atoms with E-state index in [-0.39, 0.29) is 13.2 Å². The van der Waals surface area contributed by atoms with Gasteiger partial charge >= 0.3 is 5.97 Å². The van der Waals surface area contributed by atoms with Crippen molar-refractivity contribution in [1.82, 2.24) is 15.0 Å². The monoisotopic (exact) mass is 296 g/mol. The van der Waals surface area contributed by atoms with Crippen LogP contribution in [-0.2, 0) is 22.7 Å². The van der Waals surface area contributed by atoms with Gasteiger partial charge in [-0.05, 0) is 17.7 Å². The second kappa shape index (κ2) is 6.36. The van der Waals surface area contributed by atoms with Gasteiger partial charge < -0.3 is 10.5 Å². The number of hydrogen-bond acceptors (Lipinski definition) is 5. The van der Waals surface area contributed by atoms with Crippen LogP contribution in [0.4, 0.5) is 0 Å². The van der Waals surface area contributed by atoms with Gasteiger partial charge in [0.25, 0.3) is 0 Å². The maximum absolute atomic E-state index is 12.0. The highest BCUT2D eigenvalue weighted by Crippen LogP contribution is 2.10. The van der Waals surface area contributed by atoms with Crippen molar-refractivity contribution in [1.29, 1.82) is 0 Å². The van der Waals surface area contributed by atoms with Gasteiger partial charge in [0, 0.05) is 0 Å². The molecule has 0 radical (unpaired) electrons. The van der Waals surface area contributed by atoms with E-state index < -0.39 is 12.0 Å². The Morgan fingerprint density at radius 2 is 1.86 bits per heavy atom. The molecular formula is C16H16N4O2. The highest BCUT2D eigenvalue weighted by Gasteiger charge is 2.17. The molecule has 1 atom stereocenters. The molecule has 1 heterocycles. The molecule has 22 heavy (non-hydrogen) atoms. The Morgan fingerprint density at radius 1 is 1.14 bits per heavy atom. The summed E-state index contributed by atoms with van der Waals surface area (Å²) >= 11 is 0. The van der Waals surface area contributed by atoms with Gasteiger partial charge in [0.1, 0.15) is 18.2 Å². The van der Waals surface area contributed by atoms with Crippen LogP contribution < -0.4 is 5.73 Å². The third kappa shape index (κ3) is 3.12. The van der Waals surface area contributed by atoms with Crippen molar-refractivity contribution in [3.05, 3.63) is 60.2 Å². The summed E-state index contributed by atoms with van der Waals surface area (Å²) in [6.07, 6.45) is 0. The van der Waals surface area contributed by atoms with E-state index >= 15 is 0 Å². The van der Waals surface area contributed by atoms with Gasteiger partial charge in [-0.25, -0.2) is 4.68 Å². The Balaban J connectivity index is 1.61. The fourth-order valence-electron chi connectivity index (χ4n) is 2.15. The van der Waals surface area contributed by atoms with Crippen LogP contribution in [0.2, 0.25) is 0 Å². The third-order valence-electron chi connectivity index (χ3n) is 3.32. The second-order valence-electron chi connectivity index (χ2n) is 4.96. The van der Waals surface area contributed by atoms with Crippen molar-refractivity contribution in [3.63, 3.8) is 0 Å². The number of hydrogen-bond donors (Lipinski definition) is 1. The number of rotatable bonds is 5. The highest BCUT2D eigenvalue weighted by atomic mass is 16.5. The van der Waals surface area contributed by atoms with Crippen LogP contribution in [-0.4, -0.2) is 27.0 Å². The molecule has 0 saturated carbocycles. The molecule has 0 aliphatic rings. The van der Waals surface area contributed by atoms with E-state index in [1.54, 1.807) is 4.68 Å². The van der Waals surface area contributed by atoms with E-state index in [9.17, 15) is 4.79 Å². The standard InChI is InChI=1S/C16H16N4O2/c17-13(16(21)22-11-12-6-2-1-3-7-12)10-20-15-9-5-4-8-14(15)18-19-20/h1-9,13H,10-11,17H2. The largest absolute Gasteiger partial charge is 0.460 e. The summed E-state index contributed by atoms with van der Waals surface area (Å²) in [7, 11) is 0. The number of benzene rings is 2. The fraction of sp³-hybridized carbons (Fsp3) is 0.188. The van der Waals surface area contributed by atoms with Crippen LogP contribution in [0.1, 0.15) is 5.56 Å². The van der Waals surface area contributed by atoms with Crippen LogP contribution in [0.25, 0.3) is 11.0 Å². The van der Waals surface area contributed by atoms with Crippen LogP contribution in [0.15, 0.2) is 54.6 Å². The Morgan fingerprint density at radius 3 is 2.68 bits per heavy atom. The molecule has 1 aromatic heterocycles. The zero-order valence-corrected chi connectivity index (χ0v) is 11.9. The van der Waals surface area contributed by atoms with E-state index in [1.165, 1.54) is 0 Å². The fourth-order valence-corrected chi connectivity index (χ4v) is 2.15. The van der Waals surface area contributed by atoms with Crippen molar-refractivity contribution >= 4 is 17.0 Å². The molecule has 3 aromatic rings. The molecule has 2 N–H and O–H groups in total. The first-order valence-corrected chi connectivity index (χ1v) is 6.98. The Labute approximate surface area is 127 Å². The molecule has 0 aliphatic carbocycles. The zero-order valence-electron chi connectivity index (χ0n) is 11.9. The van der Waals surface area contributed by atoms with Crippen LogP contribution in [0, 0.1) is 0 Å². The summed E-state index contributed by atoms with van der Waals surface area (Å²) < 4.78 is 6.84. The number of aromatic nitrogens is 3. The summed E-state index contributed by atoms with van der Waals surface area (Å²) in [6, 6.07) is 16.2. The van der Waals surface area contributed by atoms with Gasteiger partial charge in [-0.15, -0.1) is 5.10 Å². The average molecular weight is 296 g/mol. The lowest BCUT2D eigenvalue weighted by Crippen LogP contribution is -2.36. The normalized spacial score (nSPS) is 12.2. The topological polar surface area (TPSA) is 83.0 Å². The summed E-state index contributed by atoms with van der Waals surface area (Å²) in [5.41, 5.74) is 8.44. The van der Waals surface area contributed by atoms with Crippen molar-refractivity contribution in [2.45, 2.75) is 19.2 Å². The Hall–Kier alpha value is -2.73. The Kier molecular flexibility index (Phi) is 4.11. The maximum atomic E-state index is 12.0. The average Bonchev–Trinajstić information content (AvgIpc) is 2.97. The lowest BCUT2D eigenvalue weighted by atomic mass is 10.2. The molecule has 0 bridgehead atoms. The lowest BCUT2D eigenvalue weighted by molar-refractivity contribution is -0.146. The first-order valence-electron chi connectivity index (χ1n) is 6.98. The third-order valence-corrected chi connectivity index (χ3v) is 3.32. The molecule has 0 spiro atoms.